The molecule has 310 valence electrons. The average molecular weight is 836 g/mol. The molecular weight excluding hydrogens is 783 g/mol. The van der Waals surface area contributed by atoms with Crippen molar-refractivity contribution < 1.29 is 22.8 Å². The van der Waals surface area contributed by atoms with Gasteiger partial charge in [0, 0.05) is 113 Å². The monoisotopic (exact) mass is 835 g/mol. The van der Waals surface area contributed by atoms with Crippen molar-refractivity contribution in [2.45, 2.75) is 75.2 Å². The third-order valence-corrected chi connectivity index (χ3v) is 15.8. The Kier molecular flexibility index (Phi) is 12.2. The largest absolute Gasteiger partial charge is 0.399 e. The SMILES string of the molecule is C=C(N)c1cccc(-c2cn(C3CCN(S(=O)(=O)CCCNC(=O)CCCC[C@@H]4SC[C@@H]5NC(=O)C[C@@H]54)CC3)c3cc(CNC(=O)c4c[nH]c5ccccc45)ccc23)c1. The van der Waals surface area contributed by atoms with Crippen molar-refractivity contribution in [3.8, 4) is 11.1 Å². The molecule has 3 aliphatic heterocycles. The highest BCUT2D eigenvalue weighted by Gasteiger charge is 2.42. The summed E-state index contributed by atoms with van der Waals surface area (Å²) in [6.07, 6.45) is 9.33. The van der Waals surface area contributed by atoms with Gasteiger partial charge in [-0.25, -0.2) is 12.7 Å². The van der Waals surface area contributed by atoms with Crippen LogP contribution in [0.25, 0.3) is 38.6 Å². The first-order valence-corrected chi connectivity index (χ1v) is 23.4. The summed E-state index contributed by atoms with van der Waals surface area (Å²) in [6, 6.07) is 22.4. The maximum atomic E-state index is 13.5. The van der Waals surface area contributed by atoms with E-state index in [2.05, 4.69) is 56.5 Å². The first-order chi connectivity index (χ1) is 28.5. The summed E-state index contributed by atoms with van der Waals surface area (Å²) in [6.45, 7) is 5.41. The minimum Gasteiger partial charge on any atom is -0.399 e. The number of benzene rings is 3. The Hall–Kier alpha value is -5.05. The van der Waals surface area contributed by atoms with Crippen molar-refractivity contribution >= 4 is 67.0 Å². The van der Waals surface area contributed by atoms with Crippen LogP contribution in [0.15, 0.2) is 85.7 Å². The van der Waals surface area contributed by atoms with Crippen LogP contribution in [0.3, 0.4) is 0 Å². The molecule has 5 heterocycles. The molecule has 0 spiro atoms. The maximum absolute atomic E-state index is 13.5. The number of rotatable bonds is 16. The number of H-pyrrole nitrogens is 1. The highest BCUT2D eigenvalue weighted by molar-refractivity contribution is 8.00. The lowest BCUT2D eigenvalue weighted by atomic mass is 9.94. The van der Waals surface area contributed by atoms with E-state index in [0.717, 1.165) is 69.1 Å². The van der Waals surface area contributed by atoms with Gasteiger partial charge in [-0.1, -0.05) is 61.5 Å². The standard InChI is InChI=1S/C45H53N7O5S2/c1-29(46)31-8-6-9-32(23-31)38-27-52(41-22-30(14-15-35(38)41)25-49-45(55)37-26-48-39-11-3-2-10-34(37)39)33-16-19-51(20-17-33)59(56,57)21-7-18-47-43(53)13-5-4-12-42-36-24-44(54)50-40(36)28-58-42/h2-3,6,8-11,14-15,22-23,26-27,33,36,40,42,48H,1,4-5,7,12-13,16-21,24-25,28,46H2,(H,47,53)(H,49,55)(H,50,54)/t36-,40-,42-/m0/s1. The fraction of sp³-hybridized carbons (Fsp3) is 0.400. The normalized spacial score (nSPS) is 19.9. The van der Waals surface area contributed by atoms with Gasteiger partial charge in [0.15, 0.2) is 0 Å². The van der Waals surface area contributed by atoms with E-state index in [4.69, 9.17) is 5.73 Å². The summed E-state index contributed by atoms with van der Waals surface area (Å²) >= 11 is 1.93. The molecule has 3 saturated heterocycles. The van der Waals surface area contributed by atoms with Gasteiger partial charge in [0.25, 0.3) is 5.91 Å². The second-order valence-corrected chi connectivity index (χ2v) is 19.5. The molecule has 0 saturated carbocycles. The number of fused-ring (bicyclic) bond motifs is 3. The fourth-order valence-electron chi connectivity index (χ4n) is 9.02. The van der Waals surface area contributed by atoms with E-state index < -0.39 is 10.0 Å². The predicted octanol–water partition coefficient (Wildman–Crippen LogP) is 6.30. The number of nitrogens with zero attached hydrogens (tertiary/aromatic N) is 2. The molecule has 0 aliphatic carbocycles. The number of piperidine rings is 1. The number of aromatic nitrogens is 2. The zero-order valence-corrected chi connectivity index (χ0v) is 34.9. The molecule has 6 N–H and O–H groups in total. The summed E-state index contributed by atoms with van der Waals surface area (Å²) in [7, 11) is -3.50. The summed E-state index contributed by atoms with van der Waals surface area (Å²) in [5.74, 6) is 1.34. The van der Waals surface area contributed by atoms with Crippen LogP contribution in [-0.4, -0.2) is 82.4 Å². The molecule has 5 aromatic rings. The maximum Gasteiger partial charge on any atom is 0.253 e. The van der Waals surface area contributed by atoms with Gasteiger partial charge >= 0.3 is 0 Å². The smallest absolute Gasteiger partial charge is 0.253 e. The minimum absolute atomic E-state index is 0.0147. The molecule has 12 nitrogen and oxygen atoms in total. The van der Waals surface area contributed by atoms with E-state index >= 15 is 0 Å². The lowest BCUT2D eigenvalue weighted by Crippen LogP contribution is -2.40. The summed E-state index contributed by atoms with van der Waals surface area (Å²) in [5, 5.41) is 11.5. The number of aromatic amines is 1. The van der Waals surface area contributed by atoms with Crippen LogP contribution in [0.5, 0.6) is 0 Å². The number of hydrogen-bond acceptors (Lipinski definition) is 7. The molecule has 3 amide bonds. The van der Waals surface area contributed by atoms with Crippen LogP contribution in [0.2, 0.25) is 0 Å². The van der Waals surface area contributed by atoms with Gasteiger partial charge in [-0.2, -0.15) is 11.8 Å². The van der Waals surface area contributed by atoms with Crippen molar-refractivity contribution in [3.05, 3.63) is 102 Å². The quantitative estimate of drug-likeness (QED) is 0.0726. The van der Waals surface area contributed by atoms with Gasteiger partial charge in [-0.05, 0) is 67.0 Å². The Bertz CT molecular complexity index is 2490. The van der Waals surface area contributed by atoms with E-state index in [0.29, 0.717) is 86.8 Å². The van der Waals surface area contributed by atoms with Gasteiger partial charge in [0.1, 0.15) is 0 Å². The first kappa shape index (κ1) is 40.7. The van der Waals surface area contributed by atoms with Crippen molar-refractivity contribution in [1.29, 1.82) is 0 Å². The third-order valence-electron chi connectivity index (χ3n) is 12.2. The first-order valence-electron chi connectivity index (χ1n) is 20.7. The van der Waals surface area contributed by atoms with Gasteiger partial charge in [-0.3, -0.25) is 14.4 Å². The van der Waals surface area contributed by atoms with Crippen molar-refractivity contribution in [3.63, 3.8) is 0 Å². The second kappa shape index (κ2) is 17.7. The van der Waals surface area contributed by atoms with Crippen LogP contribution in [0.1, 0.15) is 78.9 Å². The van der Waals surface area contributed by atoms with E-state index in [-0.39, 0.29) is 29.5 Å². The minimum atomic E-state index is -3.50. The highest BCUT2D eigenvalue weighted by atomic mass is 32.2. The topological polar surface area (TPSA) is 171 Å². The van der Waals surface area contributed by atoms with E-state index in [1.165, 1.54) is 0 Å². The number of sulfonamides is 1. The summed E-state index contributed by atoms with van der Waals surface area (Å²) in [4.78, 5) is 40.7. The fourth-order valence-corrected chi connectivity index (χ4v) is 12.2. The second-order valence-electron chi connectivity index (χ2n) is 16.1. The Morgan fingerprint density at radius 3 is 2.63 bits per heavy atom. The Morgan fingerprint density at radius 2 is 1.80 bits per heavy atom. The Balaban J connectivity index is 0.868. The number of amides is 3. The molecule has 3 atom stereocenters. The number of unbranched alkanes of at least 4 members (excludes halogenated alkanes) is 1. The molecule has 14 heteroatoms. The van der Waals surface area contributed by atoms with E-state index in [9.17, 15) is 22.8 Å². The van der Waals surface area contributed by atoms with Crippen LogP contribution < -0.4 is 21.7 Å². The highest BCUT2D eigenvalue weighted by Crippen LogP contribution is 2.41. The molecule has 3 aromatic carbocycles. The van der Waals surface area contributed by atoms with Crippen LogP contribution in [-0.2, 0) is 26.2 Å². The van der Waals surface area contributed by atoms with E-state index in [1.807, 2.05) is 60.3 Å². The molecule has 3 aliphatic rings. The molecule has 0 radical (unpaired) electrons. The lowest BCUT2D eigenvalue weighted by molar-refractivity contribution is -0.121. The van der Waals surface area contributed by atoms with Gasteiger partial charge < -0.3 is 31.2 Å². The number of nitrogens with one attached hydrogen (secondary N) is 4. The molecule has 2 aromatic heterocycles. The molecule has 59 heavy (non-hydrogen) atoms. The predicted molar refractivity (Wildman–Crippen MR) is 236 cm³/mol. The third kappa shape index (κ3) is 9.09. The molecule has 8 rings (SSSR count). The number of hydrogen-bond donors (Lipinski definition) is 5. The number of carbonyl (C=O) groups excluding carboxylic acids is 3. The summed E-state index contributed by atoms with van der Waals surface area (Å²) < 4.78 is 30.8. The number of carbonyl (C=O) groups is 3. The lowest BCUT2D eigenvalue weighted by Gasteiger charge is -2.32. The molecular formula is C45H53N7O5S2. The summed E-state index contributed by atoms with van der Waals surface area (Å²) in [5.41, 5.74) is 12.9. The van der Waals surface area contributed by atoms with Crippen LogP contribution in [0.4, 0.5) is 0 Å². The zero-order chi connectivity index (χ0) is 41.1. The number of nitrogens with two attached hydrogens (primary N) is 1. The Morgan fingerprint density at radius 1 is 0.966 bits per heavy atom. The van der Waals surface area contributed by atoms with Gasteiger partial charge in [-0.15, -0.1) is 0 Å². The van der Waals surface area contributed by atoms with E-state index in [1.54, 1.807) is 10.5 Å². The molecule has 0 bridgehead atoms. The van der Waals surface area contributed by atoms with Crippen molar-refractivity contribution in [2.24, 2.45) is 11.7 Å². The zero-order valence-electron chi connectivity index (χ0n) is 33.3. The van der Waals surface area contributed by atoms with Gasteiger partial charge in [0.2, 0.25) is 21.8 Å². The average Bonchev–Trinajstić information content (AvgIpc) is 4.03. The number of thioether (sulfide) groups is 1. The van der Waals surface area contributed by atoms with Crippen molar-refractivity contribution in [1.82, 2.24) is 29.8 Å². The molecule has 0 unspecified atom stereocenters. The van der Waals surface area contributed by atoms with Gasteiger partial charge in [0.05, 0.1) is 11.3 Å². The van der Waals surface area contributed by atoms with Crippen LogP contribution in [0, 0.1) is 5.92 Å². The molecule has 3 fully saturated rings. The number of para-hydroxylation sites is 1. The Labute approximate surface area is 349 Å². The van der Waals surface area contributed by atoms with Crippen molar-refractivity contribution in [2.75, 3.05) is 31.1 Å². The van der Waals surface area contributed by atoms with Crippen LogP contribution >= 0.6 is 11.8 Å².